The summed E-state index contributed by atoms with van der Waals surface area (Å²) < 4.78 is 63.1. The topological polar surface area (TPSA) is 138 Å². The normalized spacial score (nSPS) is 17.9. The lowest BCUT2D eigenvalue weighted by Gasteiger charge is -2.29. The van der Waals surface area contributed by atoms with E-state index in [0.29, 0.717) is 23.2 Å². The molecule has 1 aromatic rings. The van der Waals surface area contributed by atoms with E-state index in [9.17, 15) is 31.2 Å². The van der Waals surface area contributed by atoms with Crippen LogP contribution in [-0.2, 0) is 25.6 Å². The van der Waals surface area contributed by atoms with E-state index in [1.807, 2.05) is 0 Å². The lowest BCUT2D eigenvalue weighted by atomic mass is 10.1. The summed E-state index contributed by atoms with van der Waals surface area (Å²) >= 11 is 0. The van der Waals surface area contributed by atoms with Gasteiger partial charge in [-0.2, -0.15) is 13.2 Å². The van der Waals surface area contributed by atoms with Crippen LogP contribution in [0, 0.1) is 0 Å². The van der Waals surface area contributed by atoms with Gasteiger partial charge in [0.2, 0.25) is 9.84 Å². The number of nitrogens with two attached hydrogens (primary N) is 1. The van der Waals surface area contributed by atoms with Crippen molar-refractivity contribution in [2.45, 2.75) is 17.1 Å². The van der Waals surface area contributed by atoms with Crippen LogP contribution in [0.3, 0.4) is 0 Å². The molecule has 0 aromatic heterocycles. The molecule has 2 rings (SSSR count). The molecule has 0 fully saturated rings. The number of carboxylic acid groups (broad SMARTS) is 1. The zero-order chi connectivity index (χ0) is 20.6. The summed E-state index contributed by atoms with van der Waals surface area (Å²) in [5.74, 6) is -2.69. The molecule has 8 nitrogen and oxygen atoms in total. The number of carbonyl (C=O) groups is 2. The lowest BCUT2D eigenvalue weighted by Crippen LogP contribution is -2.48. The Morgan fingerprint density at radius 3 is 2.19 bits per heavy atom. The number of aliphatic carboxylic acids is 1. The van der Waals surface area contributed by atoms with Crippen molar-refractivity contribution in [2.75, 3.05) is 6.61 Å². The second kappa shape index (κ2) is 7.04. The summed E-state index contributed by atoms with van der Waals surface area (Å²) in [4.78, 5) is 22.3. The third-order valence-electron chi connectivity index (χ3n) is 3.63. The van der Waals surface area contributed by atoms with E-state index in [-0.39, 0.29) is 0 Å². The third kappa shape index (κ3) is 3.95. The first-order chi connectivity index (χ1) is 12.4. The van der Waals surface area contributed by atoms with Crippen LogP contribution in [0.5, 0.6) is 0 Å². The number of halogens is 3. The van der Waals surface area contributed by atoms with Crippen LogP contribution in [0.15, 0.2) is 52.0 Å². The van der Waals surface area contributed by atoms with Gasteiger partial charge in [0.05, 0.1) is 15.4 Å². The van der Waals surface area contributed by atoms with E-state index in [1.54, 1.807) is 0 Å². The fraction of sp³-hybridized carbons (Fsp3) is 0.200. The Morgan fingerprint density at radius 2 is 1.74 bits per heavy atom. The highest BCUT2D eigenvalue weighted by Crippen LogP contribution is 2.32. The molecule has 0 radical (unpaired) electrons. The van der Waals surface area contributed by atoms with Gasteiger partial charge in [-0.25, -0.2) is 13.2 Å². The number of aliphatic hydroxyl groups excluding tert-OH is 1. The van der Waals surface area contributed by atoms with E-state index in [2.05, 4.69) is 0 Å². The molecule has 12 heteroatoms. The molecule has 1 atom stereocenters. The van der Waals surface area contributed by atoms with E-state index in [0.717, 1.165) is 18.2 Å². The average molecular weight is 406 g/mol. The summed E-state index contributed by atoms with van der Waals surface area (Å²) in [6, 6.07) is 0.867. The summed E-state index contributed by atoms with van der Waals surface area (Å²) in [6.07, 6.45) is -3.19. The molecule has 1 aromatic carbocycles. The zero-order valence-corrected chi connectivity index (χ0v) is 14.2. The molecule has 1 amide bonds. The Balaban J connectivity index is 2.51. The van der Waals surface area contributed by atoms with Gasteiger partial charge in [-0.15, -0.1) is 0 Å². The van der Waals surface area contributed by atoms with Gasteiger partial charge in [0.1, 0.15) is 6.61 Å². The number of benzene rings is 1. The second-order valence-corrected chi connectivity index (χ2v) is 7.35. The van der Waals surface area contributed by atoms with Crippen LogP contribution in [-0.4, -0.2) is 48.1 Å². The van der Waals surface area contributed by atoms with E-state index >= 15 is 0 Å². The molecule has 0 spiro atoms. The van der Waals surface area contributed by atoms with Crippen molar-refractivity contribution in [3.63, 3.8) is 0 Å². The minimum Gasteiger partial charge on any atom is -0.479 e. The van der Waals surface area contributed by atoms with Crippen molar-refractivity contribution in [3.05, 3.63) is 52.7 Å². The van der Waals surface area contributed by atoms with Crippen molar-refractivity contribution in [1.82, 2.24) is 4.90 Å². The van der Waals surface area contributed by atoms with Gasteiger partial charge >= 0.3 is 12.1 Å². The molecule has 0 saturated carbocycles. The Bertz CT molecular complexity index is 935. The van der Waals surface area contributed by atoms with E-state index in [4.69, 9.17) is 15.9 Å². The molecule has 1 unspecified atom stereocenters. The molecule has 1 aliphatic heterocycles. The smallest absolute Gasteiger partial charge is 0.416 e. The lowest BCUT2D eigenvalue weighted by molar-refractivity contribution is -0.147. The quantitative estimate of drug-likeness (QED) is 0.660. The first-order valence-electron chi connectivity index (χ1n) is 7.15. The molecule has 0 bridgehead atoms. The van der Waals surface area contributed by atoms with E-state index < -0.39 is 61.6 Å². The number of sulfone groups is 1. The van der Waals surface area contributed by atoms with Crippen LogP contribution >= 0.6 is 0 Å². The van der Waals surface area contributed by atoms with Gasteiger partial charge in [0.25, 0.3) is 5.91 Å². The van der Waals surface area contributed by atoms with Gasteiger partial charge in [-0.05, 0) is 30.3 Å². The summed E-state index contributed by atoms with van der Waals surface area (Å²) in [5, 5.41) is 18.1. The number of rotatable bonds is 4. The maximum absolute atomic E-state index is 12.6. The first-order valence-corrected chi connectivity index (χ1v) is 8.64. The number of alkyl halides is 3. The van der Waals surface area contributed by atoms with Crippen molar-refractivity contribution in [1.29, 1.82) is 0 Å². The fourth-order valence-electron chi connectivity index (χ4n) is 2.32. The maximum atomic E-state index is 12.6. The van der Waals surface area contributed by atoms with Crippen LogP contribution < -0.4 is 5.73 Å². The number of hydrogen-bond donors (Lipinski definition) is 3. The highest BCUT2D eigenvalue weighted by atomic mass is 32.2. The molecule has 1 heterocycles. The van der Waals surface area contributed by atoms with Crippen LogP contribution in [0.4, 0.5) is 13.2 Å². The minimum atomic E-state index is -4.66. The van der Waals surface area contributed by atoms with Crippen LogP contribution in [0.2, 0.25) is 0 Å². The minimum absolute atomic E-state index is 0.439. The first kappa shape index (κ1) is 20.5. The molecule has 146 valence electrons. The van der Waals surface area contributed by atoms with E-state index in [1.165, 1.54) is 0 Å². The Labute approximate surface area is 150 Å². The predicted octanol–water partition coefficient (Wildman–Crippen LogP) is 0.451. The number of allylic oxidation sites excluding steroid dienone is 1. The second-order valence-electron chi connectivity index (χ2n) is 5.40. The number of aliphatic hydroxyl groups is 1. The van der Waals surface area contributed by atoms with Crippen LogP contribution in [0.1, 0.15) is 5.56 Å². The largest absolute Gasteiger partial charge is 0.479 e. The van der Waals surface area contributed by atoms with Crippen molar-refractivity contribution in [3.8, 4) is 0 Å². The molecule has 1 aliphatic rings. The number of amides is 1. The maximum Gasteiger partial charge on any atom is 0.416 e. The summed E-state index contributed by atoms with van der Waals surface area (Å²) in [6.45, 7) is -1.11. The van der Waals surface area contributed by atoms with Gasteiger partial charge in [0, 0.05) is 11.9 Å². The van der Waals surface area contributed by atoms with Crippen LogP contribution in [0.25, 0.3) is 0 Å². The SMILES string of the molecule is NC1=CC(S(=O)(=O)c2ccc(C(F)(F)F)cc2)=CN(C(=O)CO)C1C(=O)O. The Morgan fingerprint density at radius 1 is 1.19 bits per heavy atom. The van der Waals surface area contributed by atoms with Gasteiger partial charge in [0.15, 0.2) is 6.04 Å². The molecule has 4 N–H and O–H groups in total. The Hall–Kier alpha value is -2.86. The Kier molecular flexibility index (Phi) is 5.33. The standard InChI is InChI=1S/C15H13F3N2O6S/c16-15(17,18)8-1-3-9(4-2-8)27(25,26)10-5-11(19)13(14(23)24)20(6-10)12(22)7-21/h1-6,13,21H,7,19H2,(H,23,24). The van der Waals surface area contributed by atoms with Crippen molar-refractivity contribution >= 4 is 21.7 Å². The molecule has 27 heavy (non-hydrogen) atoms. The monoisotopic (exact) mass is 406 g/mol. The van der Waals surface area contributed by atoms with Crippen molar-refractivity contribution < 1.29 is 41.4 Å². The van der Waals surface area contributed by atoms with Gasteiger partial charge < -0.3 is 15.9 Å². The zero-order valence-electron chi connectivity index (χ0n) is 13.3. The molecular formula is C15H13F3N2O6S. The van der Waals surface area contributed by atoms with Gasteiger partial charge in [-0.3, -0.25) is 9.69 Å². The molecule has 0 saturated heterocycles. The molecule has 0 aliphatic carbocycles. The molecular weight excluding hydrogens is 393 g/mol. The number of carboxylic acids is 1. The highest BCUT2D eigenvalue weighted by molar-refractivity contribution is 7.95. The number of nitrogens with zero attached hydrogens (tertiary/aromatic N) is 1. The van der Waals surface area contributed by atoms with Crippen molar-refractivity contribution in [2.24, 2.45) is 5.73 Å². The van der Waals surface area contributed by atoms with Gasteiger partial charge in [-0.1, -0.05) is 0 Å². The summed E-state index contributed by atoms with van der Waals surface area (Å²) in [7, 11) is -4.41. The predicted molar refractivity (Wildman–Crippen MR) is 84.3 cm³/mol. The highest BCUT2D eigenvalue weighted by Gasteiger charge is 2.36. The number of hydrogen-bond acceptors (Lipinski definition) is 6. The third-order valence-corrected chi connectivity index (χ3v) is 5.37. The average Bonchev–Trinajstić information content (AvgIpc) is 2.59. The summed E-state index contributed by atoms with van der Waals surface area (Å²) in [5.41, 5.74) is 4.00. The number of carbonyl (C=O) groups excluding carboxylic acids is 1. The fourth-order valence-corrected chi connectivity index (χ4v) is 3.63.